The average molecular weight is 542 g/mol. The highest BCUT2D eigenvalue weighted by Crippen LogP contribution is 2.49. The summed E-state index contributed by atoms with van der Waals surface area (Å²) in [6.45, 7) is 0. The van der Waals surface area contributed by atoms with Crippen LogP contribution in [0.25, 0.3) is 11.1 Å². The van der Waals surface area contributed by atoms with Crippen molar-refractivity contribution in [2.24, 2.45) is 0 Å². The summed E-state index contributed by atoms with van der Waals surface area (Å²) in [4.78, 5) is 29.3. The number of nitrogens with one attached hydrogen (secondary N) is 1. The average Bonchev–Trinajstić information content (AvgIpc) is 3.50. The van der Waals surface area contributed by atoms with Gasteiger partial charge >= 0.3 is 18.3 Å². The molecule has 1 aromatic heterocycles. The largest absolute Gasteiger partial charge is 0.478 e. The molecule has 0 bridgehead atoms. The number of benzene rings is 3. The first kappa shape index (κ1) is 25.8. The Kier molecular flexibility index (Phi) is 6.09. The van der Waals surface area contributed by atoms with Crippen LogP contribution in [0.5, 0.6) is 0 Å². The molecule has 1 amide bonds. The van der Waals surface area contributed by atoms with Gasteiger partial charge in [-0.2, -0.15) is 26.3 Å². The molecule has 0 saturated heterocycles. The Bertz CT molecular complexity index is 1640. The van der Waals surface area contributed by atoms with E-state index >= 15 is 0 Å². The van der Waals surface area contributed by atoms with Crippen molar-refractivity contribution in [1.29, 1.82) is 0 Å². The predicted octanol–water partition coefficient (Wildman–Crippen LogP) is 7.39. The van der Waals surface area contributed by atoms with Gasteiger partial charge in [0.05, 0.1) is 33.6 Å². The Morgan fingerprint density at radius 3 is 2.21 bits per heavy atom. The van der Waals surface area contributed by atoms with E-state index in [1.54, 1.807) is 0 Å². The number of fused-ring (bicyclic) bond motifs is 1. The number of carbonyl (C=O) groups is 2. The van der Waals surface area contributed by atoms with E-state index in [4.69, 9.17) is 0 Å². The maximum atomic E-state index is 14.1. The van der Waals surface area contributed by atoms with Crippen molar-refractivity contribution in [2.45, 2.75) is 12.4 Å². The molecule has 0 unspecified atom stereocenters. The summed E-state index contributed by atoms with van der Waals surface area (Å²) in [6, 6.07) is 15.0. The molecule has 0 aliphatic carbocycles. The number of anilines is 2. The molecular weight excluding hydrogens is 526 g/mol. The third-order valence-corrected chi connectivity index (χ3v) is 6.22. The molecule has 0 radical (unpaired) electrons. The van der Waals surface area contributed by atoms with Crippen molar-refractivity contribution in [1.82, 2.24) is 4.98 Å². The monoisotopic (exact) mass is 542 g/mol. The second-order valence-corrected chi connectivity index (χ2v) is 8.60. The Morgan fingerprint density at radius 1 is 0.821 bits per heavy atom. The van der Waals surface area contributed by atoms with E-state index in [-0.39, 0.29) is 44.9 Å². The van der Waals surface area contributed by atoms with Crippen LogP contribution in [0.15, 0.2) is 85.1 Å². The lowest BCUT2D eigenvalue weighted by Gasteiger charge is -2.19. The van der Waals surface area contributed by atoms with Gasteiger partial charge in [0.2, 0.25) is 0 Å². The van der Waals surface area contributed by atoms with Gasteiger partial charge in [-0.05, 0) is 54.1 Å². The molecule has 0 saturated carbocycles. The first-order chi connectivity index (χ1) is 18.4. The molecule has 0 spiro atoms. The lowest BCUT2D eigenvalue weighted by molar-refractivity contribution is -0.138. The van der Waals surface area contributed by atoms with Crippen LogP contribution >= 0.6 is 0 Å². The van der Waals surface area contributed by atoms with Gasteiger partial charge in [-0.25, -0.2) is 4.79 Å². The Morgan fingerprint density at radius 2 is 1.56 bits per heavy atom. The van der Waals surface area contributed by atoms with Crippen molar-refractivity contribution < 1.29 is 41.0 Å². The van der Waals surface area contributed by atoms with Gasteiger partial charge in [-0.1, -0.05) is 30.3 Å². The summed E-state index contributed by atoms with van der Waals surface area (Å²) in [5.74, 6) is -2.26. The number of carbonyl (C=O) groups excluding carboxylic acids is 1. The van der Waals surface area contributed by atoms with E-state index in [2.05, 4.69) is 4.98 Å². The van der Waals surface area contributed by atoms with E-state index in [1.807, 2.05) is 0 Å². The molecular formula is C28H16F6N2O3. The molecule has 3 aromatic carbocycles. The summed E-state index contributed by atoms with van der Waals surface area (Å²) >= 11 is 0. The van der Waals surface area contributed by atoms with Crippen molar-refractivity contribution in [2.75, 3.05) is 4.90 Å². The van der Waals surface area contributed by atoms with Gasteiger partial charge in [-0.3, -0.25) is 9.69 Å². The van der Waals surface area contributed by atoms with Gasteiger partial charge in [0, 0.05) is 23.0 Å². The first-order valence-electron chi connectivity index (χ1n) is 11.3. The second-order valence-electron chi connectivity index (χ2n) is 8.60. The second kappa shape index (κ2) is 9.19. The number of rotatable bonds is 4. The highest BCUT2D eigenvalue weighted by Gasteiger charge is 2.42. The number of aromatic carboxylic acids is 1. The van der Waals surface area contributed by atoms with E-state index < -0.39 is 35.4 Å². The maximum absolute atomic E-state index is 14.1. The summed E-state index contributed by atoms with van der Waals surface area (Å²) in [6.07, 6.45) is -8.16. The predicted molar refractivity (Wildman–Crippen MR) is 130 cm³/mol. The fourth-order valence-corrected chi connectivity index (χ4v) is 4.57. The molecule has 0 atom stereocenters. The molecule has 11 heteroatoms. The Balaban J connectivity index is 1.88. The minimum absolute atomic E-state index is 0.0460. The fraction of sp³-hybridized carbons (Fsp3) is 0.0714. The van der Waals surface area contributed by atoms with Crippen LogP contribution in [0.4, 0.5) is 37.7 Å². The topological polar surface area (TPSA) is 73.4 Å². The highest BCUT2D eigenvalue weighted by molar-refractivity contribution is 6.40. The van der Waals surface area contributed by atoms with Crippen LogP contribution in [-0.2, 0) is 17.1 Å². The van der Waals surface area contributed by atoms with E-state index in [9.17, 15) is 41.0 Å². The van der Waals surface area contributed by atoms with Crippen LogP contribution in [-0.4, -0.2) is 22.0 Å². The van der Waals surface area contributed by atoms with Crippen molar-refractivity contribution in [3.05, 3.63) is 119 Å². The van der Waals surface area contributed by atoms with E-state index in [1.165, 1.54) is 54.7 Å². The van der Waals surface area contributed by atoms with Gasteiger partial charge in [0.15, 0.2) is 0 Å². The van der Waals surface area contributed by atoms with Gasteiger partial charge in [0.1, 0.15) is 0 Å². The molecule has 2 heterocycles. The fourth-order valence-electron chi connectivity index (χ4n) is 4.57. The molecule has 5 nitrogen and oxygen atoms in total. The zero-order valence-electron chi connectivity index (χ0n) is 19.6. The van der Waals surface area contributed by atoms with Crippen LogP contribution in [0, 0.1) is 0 Å². The van der Waals surface area contributed by atoms with Gasteiger partial charge < -0.3 is 10.1 Å². The smallest absolute Gasteiger partial charge is 0.417 e. The van der Waals surface area contributed by atoms with E-state index in [0.29, 0.717) is 0 Å². The van der Waals surface area contributed by atoms with Gasteiger partial charge in [0.25, 0.3) is 5.91 Å². The highest BCUT2D eigenvalue weighted by atomic mass is 19.4. The number of alkyl halides is 6. The number of aromatic amines is 1. The Hall–Kier alpha value is -4.80. The van der Waals surface area contributed by atoms with Crippen molar-refractivity contribution in [3.8, 4) is 0 Å². The van der Waals surface area contributed by atoms with Crippen LogP contribution < -0.4 is 4.90 Å². The minimum Gasteiger partial charge on any atom is -0.478 e. The Labute approximate surface area is 216 Å². The third-order valence-electron chi connectivity index (χ3n) is 6.22. The van der Waals surface area contributed by atoms with Gasteiger partial charge in [-0.15, -0.1) is 0 Å². The lowest BCUT2D eigenvalue weighted by atomic mass is 9.89. The lowest BCUT2D eigenvalue weighted by Crippen LogP contribution is -2.22. The molecule has 198 valence electrons. The molecule has 39 heavy (non-hydrogen) atoms. The number of aromatic nitrogens is 1. The standard InChI is InChI=1S/C28H16F6N2O3/c29-27(30,31)16-10-11-19-22(14-16)36(17-6-3-5-15(13-17)26(38)39)25(37)24(19)23(21-9-4-12-35-21)18-7-1-2-8-20(18)28(32,33)34/h1-14,35H,(H,38,39). The van der Waals surface area contributed by atoms with Crippen LogP contribution in [0.2, 0.25) is 0 Å². The number of nitrogens with zero attached hydrogens (tertiary/aromatic N) is 1. The SMILES string of the molecule is O=C(O)c1cccc(N2C(=O)C(=C(c3ccc[nH]3)c3ccccc3C(F)(F)F)c3ccc(C(F)(F)F)cc32)c1. The zero-order valence-corrected chi connectivity index (χ0v) is 19.6. The molecule has 4 aromatic rings. The maximum Gasteiger partial charge on any atom is 0.417 e. The molecule has 5 rings (SSSR count). The third kappa shape index (κ3) is 4.56. The number of hydrogen-bond donors (Lipinski definition) is 2. The van der Waals surface area contributed by atoms with Crippen LogP contribution in [0.1, 0.15) is 38.3 Å². The number of H-pyrrole nitrogens is 1. The number of hydrogen-bond acceptors (Lipinski definition) is 2. The molecule has 1 aliphatic heterocycles. The van der Waals surface area contributed by atoms with Crippen molar-refractivity contribution >= 4 is 34.4 Å². The number of carboxylic acids is 1. The van der Waals surface area contributed by atoms with E-state index in [0.717, 1.165) is 35.2 Å². The summed E-state index contributed by atoms with van der Waals surface area (Å²) < 4.78 is 83.2. The molecule has 0 fully saturated rings. The van der Waals surface area contributed by atoms with Crippen LogP contribution in [0.3, 0.4) is 0 Å². The number of amides is 1. The molecule has 1 aliphatic rings. The zero-order chi connectivity index (χ0) is 28.1. The van der Waals surface area contributed by atoms with Crippen molar-refractivity contribution in [3.63, 3.8) is 0 Å². The first-order valence-corrected chi connectivity index (χ1v) is 11.3. The number of halogens is 6. The summed E-state index contributed by atoms with van der Waals surface area (Å²) in [5, 5.41) is 9.41. The summed E-state index contributed by atoms with van der Waals surface area (Å²) in [7, 11) is 0. The quantitative estimate of drug-likeness (QED) is 0.209. The normalized spacial score (nSPS) is 14.9. The summed E-state index contributed by atoms with van der Waals surface area (Å²) in [5.41, 5.74) is -3.42. The number of carboxylic acid groups (broad SMARTS) is 1. The minimum atomic E-state index is -4.81. The molecule has 2 N–H and O–H groups in total.